The molecule has 1 atom stereocenters. The predicted molar refractivity (Wildman–Crippen MR) is 82.4 cm³/mol. The van der Waals surface area contributed by atoms with E-state index in [-0.39, 0.29) is 17.8 Å². The van der Waals surface area contributed by atoms with Crippen molar-refractivity contribution in [3.63, 3.8) is 0 Å². The lowest BCUT2D eigenvalue weighted by Gasteiger charge is -2.17. The molecule has 0 saturated heterocycles. The lowest BCUT2D eigenvalue weighted by Crippen LogP contribution is -2.39. The Hall–Kier alpha value is -1.38. The van der Waals surface area contributed by atoms with Gasteiger partial charge in [0.1, 0.15) is 10.7 Å². The Labute approximate surface area is 123 Å². The Morgan fingerprint density at radius 3 is 2.85 bits per heavy atom. The molecule has 0 spiro atoms. The van der Waals surface area contributed by atoms with Gasteiger partial charge in [0, 0.05) is 26.2 Å². The number of thiazole rings is 1. The first-order chi connectivity index (χ1) is 9.43. The molecule has 1 aromatic heterocycles. The van der Waals surface area contributed by atoms with Crippen LogP contribution in [0.5, 0.6) is 0 Å². The monoisotopic (exact) mass is 301 g/mol. The molecule has 4 N–H and O–H groups in total. The van der Waals surface area contributed by atoms with Gasteiger partial charge in [-0.05, 0) is 21.0 Å². The zero-order chi connectivity index (χ0) is 15.1. The average molecular weight is 301 g/mol. The fraction of sp³-hybridized carbons (Fsp3) is 0.667. The summed E-state index contributed by atoms with van der Waals surface area (Å²) in [5.41, 5.74) is 5.78. The van der Waals surface area contributed by atoms with E-state index < -0.39 is 0 Å². The Kier molecular flexibility index (Phi) is 6.69. The number of aromatic nitrogens is 1. The SMILES string of the molecule is COCCNc1nc(N)c(C(=O)NC(C)CN(C)C)s1. The molecular weight excluding hydrogens is 278 g/mol. The van der Waals surface area contributed by atoms with Crippen molar-refractivity contribution in [2.24, 2.45) is 0 Å². The molecule has 0 aliphatic heterocycles. The molecule has 114 valence electrons. The molecule has 1 aromatic rings. The van der Waals surface area contributed by atoms with Crippen LogP contribution in [0.4, 0.5) is 10.9 Å². The van der Waals surface area contributed by atoms with Crippen molar-refractivity contribution >= 4 is 28.2 Å². The molecule has 7 nitrogen and oxygen atoms in total. The number of hydrogen-bond donors (Lipinski definition) is 3. The highest BCUT2D eigenvalue weighted by atomic mass is 32.1. The van der Waals surface area contributed by atoms with E-state index in [0.29, 0.717) is 23.2 Å². The molecule has 0 saturated carbocycles. The second-order valence-corrected chi connectivity index (χ2v) is 5.79. The standard InChI is InChI=1S/C12H23N5O2S/c1-8(7-17(2)3)15-11(18)9-10(13)16-12(20-9)14-5-6-19-4/h8H,5-7,13H2,1-4H3,(H,14,16)(H,15,18). The number of anilines is 2. The van der Waals surface area contributed by atoms with Crippen molar-refractivity contribution in [3.05, 3.63) is 4.88 Å². The summed E-state index contributed by atoms with van der Waals surface area (Å²) >= 11 is 1.25. The summed E-state index contributed by atoms with van der Waals surface area (Å²) in [5.74, 6) is 0.0682. The average Bonchev–Trinajstić information content (AvgIpc) is 2.69. The maximum absolute atomic E-state index is 12.1. The smallest absolute Gasteiger partial charge is 0.265 e. The minimum absolute atomic E-state index is 0.0453. The van der Waals surface area contributed by atoms with Gasteiger partial charge in [0.2, 0.25) is 0 Å². The van der Waals surface area contributed by atoms with Crippen molar-refractivity contribution in [1.29, 1.82) is 0 Å². The molecule has 1 heterocycles. The molecule has 0 bridgehead atoms. The topological polar surface area (TPSA) is 92.5 Å². The van der Waals surface area contributed by atoms with Crippen LogP contribution >= 0.6 is 11.3 Å². The summed E-state index contributed by atoms with van der Waals surface area (Å²) in [7, 11) is 5.55. The van der Waals surface area contributed by atoms with E-state index in [4.69, 9.17) is 10.5 Å². The van der Waals surface area contributed by atoms with Crippen molar-refractivity contribution in [1.82, 2.24) is 15.2 Å². The van der Waals surface area contributed by atoms with Crippen LogP contribution in [0, 0.1) is 0 Å². The van der Waals surface area contributed by atoms with E-state index in [9.17, 15) is 4.79 Å². The normalized spacial score (nSPS) is 12.4. The first-order valence-electron chi connectivity index (χ1n) is 6.38. The number of methoxy groups -OCH3 is 1. The van der Waals surface area contributed by atoms with Gasteiger partial charge >= 0.3 is 0 Å². The molecule has 1 amide bonds. The van der Waals surface area contributed by atoms with Crippen LogP contribution in [0.1, 0.15) is 16.6 Å². The molecule has 1 rings (SSSR count). The van der Waals surface area contributed by atoms with E-state index in [1.54, 1.807) is 7.11 Å². The molecule has 0 fully saturated rings. The minimum atomic E-state index is -0.186. The van der Waals surface area contributed by atoms with Gasteiger partial charge in [-0.3, -0.25) is 4.79 Å². The predicted octanol–water partition coefficient (Wildman–Crippen LogP) is 0.464. The van der Waals surface area contributed by atoms with Crippen LogP contribution in [-0.4, -0.2) is 62.7 Å². The Morgan fingerprint density at radius 1 is 1.55 bits per heavy atom. The zero-order valence-corrected chi connectivity index (χ0v) is 13.2. The second-order valence-electron chi connectivity index (χ2n) is 4.79. The number of hydrogen-bond acceptors (Lipinski definition) is 7. The van der Waals surface area contributed by atoms with Gasteiger partial charge in [0.25, 0.3) is 5.91 Å². The van der Waals surface area contributed by atoms with Crippen LogP contribution in [0.25, 0.3) is 0 Å². The van der Waals surface area contributed by atoms with Crippen LogP contribution in [-0.2, 0) is 4.74 Å². The first kappa shape index (κ1) is 16.7. The molecule has 0 aromatic carbocycles. The van der Waals surface area contributed by atoms with Gasteiger partial charge in [0.15, 0.2) is 5.13 Å². The maximum Gasteiger partial charge on any atom is 0.265 e. The number of carbonyl (C=O) groups is 1. The summed E-state index contributed by atoms with van der Waals surface area (Å²) in [6.45, 7) is 3.92. The summed E-state index contributed by atoms with van der Waals surface area (Å²) in [5, 5.41) is 6.60. The maximum atomic E-state index is 12.1. The Bertz CT molecular complexity index is 435. The van der Waals surface area contributed by atoms with E-state index in [0.717, 1.165) is 6.54 Å². The second kappa shape index (κ2) is 8.03. The lowest BCUT2D eigenvalue weighted by molar-refractivity contribution is 0.0939. The van der Waals surface area contributed by atoms with Crippen molar-refractivity contribution in [3.8, 4) is 0 Å². The van der Waals surface area contributed by atoms with Crippen LogP contribution < -0.4 is 16.4 Å². The first-order valence-corrected chi connectivity index (χ1v) is 7.20. The highest BCUT2D eigenvalue weighted by Gasteiger charge is 2.18. The van der Waals surface area contributed by atoms with E-state index in [2.05, 4.69) is 15.6 Å². The van der Waals surface area contributed by atoms with Gasteiger partial charge in [-0.1, -0.05) is 11.3 Å². The van der Waals surface area contributed by atoms with Crippen LogP contribution in [0.15, 0.2) is 0 Å². The molecule has 1 unspecified atom stereocenters. The molecule has 0 radical (unpaired) electrons. The number of rotatable bonds is 8. The molecule has 8 heteroatoms. The number of amides is 1. The zero-order valence-electron chi connectivity index (χ0n) is 12.4. The fourth-order valence-electron chi connectivity index (χ4n) is 1.71. The third kappa shape index (κ3) is 5.32. The van der Waals surface area contributed by atoms with E-state index in [1.165, 1.54) is 11.3 Å². The van der Waals surface area contributed by atoms with Crippen LogP contribution in [0.2, 0.25) is 0 Å². The quantitative estimate of drug-likeness (QED) is 0.604. The molecular formula is C12H23N5O2S. The number of nitrogens with zero attached hydrogens (tertiary/aromatic N) is 2. The summed E-state index contributed by atoms with van der Waals surface area (Å²) in [4.78, 5) is 18.7. The third-order valence-corrected chi connectivity index (χ3v) is 3.49. The molecule has 0 aliphatic rings. The highest BCUT2D eigenvalue weighted by molar-refractivity contribution is 7.18. The largest absolute Gasteiger partial charge is 0.383 e. The van der Waals surface area contributed by atoms with Gasteiger partial charge in [-0.15, -0.1) is 0 Å². The summed E-state index contributed by atoms with van der Waals surface area (Å²) < 4.78 is 4.94. The van der Waals surface area contributed by atoms with Gasteiger partial charge < -0.3 is 26.0 Å². The number of ether oxygens (including phenoxy) is 1. The fourth-order valence-corrected chi connectivity index (χ4v) is 2.53. The number of nitrogen functional groups attached to an aromatic ring is 1. The molecule has 20 heavy (non-hydrogen) atoms. The van der Waals surface area contributed by atoms with Crippen molar-refractivity contribution in [2.45, 2.75) is 13.0 Å². The van der Waals surface area contributed by atoms with Gasteiger partial charge in [0.05, 0.1) is 6.61 Å². The number of nitrogens with one attached hydrogen (secondary N) is 2. The number of likely N-dealkylation sites (N-methyl/N-ethyl adjacent to an activating group) is 1. The van der Waals surface area contributed by atoms with Crippen LogP contribution in [0.3, 0.4) is 0 Å². The van der Waals surface area contributed by atoms with Gasteiger partial charge in [-0.2, -0.15) is 0 Å². The van der Waals surface area contributed by atoms with Crippen molar-refractivity contribution < 1.29 is 9.53 Å². The van der Waals surface area contributed by atoms with E-state index >= 15 is 0 Å². The van der Waals surface area contributed by atoms with E-state index in [1.807, 2.05) is 25.9 Å². The number of nitrogens with two attached hydrogens (primary N) is 1. The third-order valence-electron chi connectivity index (χ3n) is 2.46. The Balaban J connectivity index is 2.59. The lowest BCUT2D eigenvalue weighted by atomic mass is 10.3. The number of carbonyl (C=O) groups excluding carboxylic acids is 1. The molecule has 0 aliphatic carbocycles. The Morgan fingerprint density at radius 2 is 2.25 bits per heavy atom. The van der Waals surface area contributed by atoms with Crippen molar-refractivity contribution in [2.75, 3.05) is 52.0 Å². The summed E-state index contributed by atoms with van der Waals surface area (Å²) in [6, 6.07) is 0.0453. The highest BCUT2D eigenvalue weighted by Crippen LogP contribution is 2.24. The minimum Gasteiger partial charge on any atom is -0.383 e. The van der Waals surface area contributed by atoms with Gasteiger partial charge in [-0.25, -0.2) is 4.98 Å². The summed E-state index contributed by atoms with van der Waals surface area (Å²) in [6.07, 6.45) is 0.